The highest BCUT2D eigenvalue weighted by Gasteiger charge is 2.33. The van der Waals surface area contributed by atoms with Crippen LogP contribution in [0.15, 0.2) is 4.79 Å². The van der Waals surface area contributed by atoms with Crippen molar-refractivity contribution in [3.8, 4) is 0 Å². The normalized spacial score (nSPS) is 15.3. The van der Waals surface area contributed by atoms with E-state index in [0.717, 1.165) is 37.1 Å². The number of hydrogen-bond acceptors (Lipinski definition) is 4. The summed E-state index contributed by atoms with van der Waals surface area (Å²) in [6.45, 7) is 8.21. The predicted molar refractivity (Wildman–Crippen MR) is 74.2 cm³/mol. The van der Waals surface area contributed by atoms with E-state index in [1.54, 1.807) is 0 Å². The van der Waals surface area contributed by atoms with Gasteiger partial charge in [0.2, 0.25) is 0 Å². The summed E-state index contributed by atoms with van der Waals surface area (Å²) >= 11 is 0. The van der Waals surface area contributed by atoms with Gasteiger partial charge in [-0.05, 0) is 19.8 Å². The number of hydrogen-bond donors (Lipinski definition) is 2. The fourth-order valence-electron chi connectivity index (χ4n) is 2.70. The van der Waals surface area contributed by atoms with Gasteiger partial charge in [-0.1, -0.05) is 13.8 Å². The van der Waals surface area contributed by atoms with Crippen molar-refractivity contribution in [1.82, 2.24) is 15.3 Å². The van der Waals surface area contributed by atoms with Crippen molar-refractivity contribution in [2.75, 3.05) is 13.2 Å². The molecular weight excluding hydrogens is 242 g/mol. The van der Waals surface area contributed by atoms with Crippen molar-refractivity contribution in [3.63, 3.8) is 0 Å². The largest absolute Gasteiger partial charge is 0.367 e. The monoisotopic (exact) mass is 265 g/mol. The van der Waals surface area contributed by atoms with E-state index in [-0.39, 0.29) is 5.56 Å². The van der Waals surface area contributed by atoms with Crippen molar-refractivity contribution in [3.05, 3.63) is 27.4 Å². The summed E-state index contributed by atoms with van der Waals surface area (Å²) in [6, 6.07) is 0. The molecule has 5 nitrogen and oxygen atoms in total. The summed E-state index contributed by atoms with van der Waals surface area (Å²) < 4.78 is 5.91. The van der Waals surface area contributed by atoms with Gasteiger partial charge in [-0.15, -0.1) is 0 Å². The van der Waals surface area contributed by atoms with E-state index in [4.69, 9.17) is 4.74 Å². The van der Waals surface area contributed by atoms with Crippen LogP contribution in [0.25, 0.3) is 0 Å². The average Bonchev–Trinajstić information content (AvgIpc) is 2.45. The van der Waals surface area contributed by atoms with Gasteiger partial charge in [0.25, 0.3) is 5.56 Å². The fourth-order valence-corrected chi connectivity index (χ4v) is 2.70. The summed E-state index contributed by atoms with van der Waals surface area (Å²) in [7, 11) is 0. The van der Waals surface area contributed by atoms with Gasteiger partial charge in [0.1, 0.15) is 11.4 Å². The molecule has 19 heavy (non-hydrogen) atoms. The molecular formula is C14H23N3O2. The summed E-state index contributed by atoms with van der Waals surface area (Å²) in [5, 5.41) is 3.20. The van der Waals surface area contributed by atoms with Gasteiger partial charge in [0.15, 0.2) is 0 Å². The van der Waals surface area contributed by atoms with Crippen LogP contribution in [-0.4, -0.2) is 23.1 Å². The minimum atomic E-state index is -0.464. The topological polar surface area (TPSA) is 67.0 Å². The second kappa shape index (κ2) is 5.84. The van der Waals surface area contributed by atoms with E-state index >= 15 is 0 Å². The van der Waals surface area contributed by atoms with Crippen molar-refractivity contribution >= 4 is 0 Å². The molecule has 0 radical (unpaired) electrons. The molecule has 2 rings (SSSR count). The SMILES string of the molecule is CCOC(CC)(CC)c1nc2c(c(=O)[nH]1)CNCC2. The number of rotatable bonds is 5. The van der Waals surface area contributed by atoms with E-state index in [2.05, 4.69) is 29.1 Å². The lowest BCUT2D eigenvalue weighted by Crippen LogP contribution is -2.37. The summed E-state index contributed by atoms with van der Waals surface area (Å²) in [5.74, 6) is 0.685. The Morgan fingerprint density at radius 1 is 1.32 bits per heavy atom. The Labute approximate surface area is 113 Å². The van der Waals surface area contributed by atoms with Gasteiger partial charge >= 0.3 is 0 Å². The van der Waals surface area contributed by atoms with Crippen LogP contribution in [0.3, 0.4) is 0 Å². The molecule has 0 spiro atoms. The Kier molecular flexibility index (Phi) is 4.37. The smallest absolute Gasteiger partial charge is 0.255 e. The van der Waals surface area contributed by atoms with Gasteiger partial charge < -0.3 is 15.0 Å². The third kappa shape index (κ3) is 2.58. The Morgan fingerprint density at radius 3 is 2.68 bits per heavy atom. The maximum atomic E-state index is 12.2. The van der Waals surface area contributed by atoms with Crippen molar-refractivity contribution < 1.29 is 4.74 Å². The lowest BCUT2D eigenvalue weighted by molar-refractivity contribution is -0.0575. The van der Waals surface area contributed by atoms with Crippen molar-refractivity contribution in [2.24, 2.45) is 0 Å². The molecule has 1 aliphatic rings. The second-order valence-corrected chi connectivity index (χ2v) is 4.90. The zero-order chi connectivity index (χ0) is 13.9. The number of aromatic amines is 1. The highest BCUT2D eigenvalue weighted by Crippen LogP contribution is 2.30. The molecule has 1 aliphatic heterocycles. The highest BCUT2D eigenvalue weighted by atomic mass is 16.5. The lowest BCUT2D eigenvalue weighted by Gasteiger charge is -2.31. The first-order chi connectivity index (χ1) is 9.16. The molecule has 2 N–H and O–H groups in total. The maximum Gasteiger partial charge on any atom is 0.255 e. The van der Waals surface area contributed by atoms with E-state index in [1.807, 2.05) is 6.92 Å². The van der Waals surface area contributed by atoms with E-state index < -0.39 is 5.60 Å². The van der Waals surface area contributed by atoms with Gasteiger partial charge in [0, 0.05) is 26.1 Å². The van der Waals surface area contributed by atoms with Crippen LogP contribution < -0.4 is 10.9 Å². The molecule has 0 saturated heterocycles. The number of fused-ring (bicyclic) bond motifs is 1. The first-order valence-corrected chi connectivity index (χ1v) is 7.14. The summed E-state index contributed by atoms with van der Waals surface area (Å²) in [6.07, 6.45) is 2.41. The predicted octanol–water partition coefficient (Wildman–Crippen LogP) is 1.47. The molecule has 2 heterocycles. The van der Waals surface area contributed by atoms with Crippen LogP contribution >= 0.6 is 0 Å². The number of nitrogens with one attached hydrogen (secondary N) is 2. The number of nitrogens with zero attached hydrogens (tertiary/aromatic N) is 1. The van der Waals surface area contributed by atoms with Gasteiger partial charge in [-0.3, -0.25) is 4.79 Å². The highest BCUT2D eigenvalue weighted by molar-refractivity contribution is 5.22. The molecule has 0 fully saturated rings. The molecule has 0 atom stereocenters. The first-order valence-electron chi connectivity index (χ1n) is 7.14. The lowest BCUT2D eigenvalue weighted by atomic mass is 9.95. The van der Waals surface area contributed by atoms with Crippen molar-refractivity contribution in [1.29, 1.82) is 0 Å². The standard InChI is InChI=1S/C14H23N3O2/c1-4-14(5-2,19-6-3)13-16-11-7-8-15-9-10(11)12(18)17-13/h15H,4-9H2,1-3H3,(H,16,17,18). The van der Waals surface area contributed by atoms with Crippen LogP contribution in [0.1, 0.15) is 50.7 Å². The van der Waals surface area contributed by atoms with Crippen molar-refractivity contribution in [2.45, 2.75) is 52.2 Å². The van der Waals surface area contributed by atoms with Gasteiger partial charge in [-0.2, -0.15) is 0 Å². The molecule has 1 aromatic heterocycles. The van der Waals surface area contributed by atoms with E-state index in [1.165, 1.54) is 0 Å². The molecule has 0 aromatic carbocycles. The Bertz CT molecular complexity index is 492. The first kappa shape index (κ1) is 14.2. The molecule has 0 bridgehead atoms. The molecule has 0 unspecified atom stereocenters. The quantitative estimate of drug-likeness (QED) is 0.846. The average molecular weight is 265 g/mol. The third-order valence-electron chi connectivity index (χ3n) is 3.94. The molecule has 0 aliphatic carbocycles. The van der Waals surface area contributed by atoms with Crippen LogP contribution in [0.4, 0.5) is 0 Å². The Hall–Kier alpha value is -1.20. The molecule has 1 aromatic rings. The Morgan fingerprint density at radius 2 is 2.05 bits per heavy atom. The van der Waals surface area contributed by atoms with Gasteiger partial charge in [-0.25, -0.2) is 4.98 Å². The minimum Gasteiger partial charge on any atom is -0.367 e. The molecule has 0 amide bonds. The summed E-state index contributed by atoms with van der Waals surface area (Å²) in [4.78, 5) is 19.8. The van der Waals surface area contributed by atoms with Crippen LogP contribution in [-0.2, 0) is 23.3 Å². The van der Waals surface area contributed by atoms with Crippen LogP contribution in [0.2, 0.25) is 0 Å². The van der Waals surface area contributed by atoms with E-state index in [0.29, 0.717) is 19.0 Å². The molecule has 106 valence electrons. The number of ether oxygens (including phenoxy) is 1. The third-order valence-corrected chi connectivity index (χ3v) is 3.94. The Balaban J connectivity index is 2.49. The fraction of sp³-hybridized carbons (Fsp3) is 0.714. The number of H-pyrrole nitrogens is 1. The van der Waals surface area contributed by atoms with Gasteiger partial charge in [0.05, 0.1) is 11.3 Å². The second-order valence-electron chi connectivity index (χ2n) is 4.90. The maximum absolute atomic E-state index is 12.2. The zero-order valence-electron chi connectivity index (χ0n) is 12.0. The minimum absolute atomic E-state index is 0.0295. The zero-order valence-corrected chi connectivity index (χ0v) is 12.0. The number of aromatic nitrogens is 2. The van der Waals surface area contributed by atoms with Crippen LogP contribution in [0, 0.1) is 0 Å². The van der Waals surface area contributed by atoms with Crippen LogP contribution in [0.5, 0.6) is 0 Å². The molecule has 5 heteroatoms. The summed E-state index contributed by atoms with van der Waals surface area (Å²) in [5.41, 5.74) is 1.20. The molecule has 0 saturated carbocycles. The van der Waals surface area contributed by atoms with E-state index in [9.17, 15) is 4.79 Å².